The number of H-pyrrole nitrogens is 1. The van der Waals surface area contributed by atoms with Crippen molar-refractivity contribution in [1.29, 1.82) is 0 Å². The van der Waals surface area contributed by atoms with Crippen LogP contribution >= 0.6 is 11.8 Å². The molecule has 0 saturated carbocycles. The van der Waals surface area contributed by atoms with Gasteiger partial charge in [-0.15, -0.1) is 0 Å². The maximum absolute atomic E-state index is 12.9. The Hall–Kier alpha value is -2.70. The summed E-state index contributed by atoms with van der Waals surface area (Å²) in [5.41, 5.74) is 3.13. The standard InChI is InChI=1S/C22H20N2O3S/c25-19-6-5-16-21(26)20(11-14-12-23-18-4-2-1-3-15(14)18)27-22(16)17(19)13-24-7-9-28-10-8-24/h1-6,11-12,23,25H,7-10,13H2/b20-11-. The van der Waals surface area contributed by atoms with Gasteiger partial charge in [0.25, 0.3) is 0 Å². The Bertz CT molecular complexity index is 1100. The van der Waals surface area contributed by atoms with Gasteiger partial charge in [0.15, 0.2) is 5.76 Å². The van der Waals surface area contributed by atoms with Gasteiger partial charge in [-0.05, 0) is 24.3 Å². The third kappa shape index (κ3) is 2.99. The molecular weight excluding hydrogens is 372 g/mol. The summed E-state index contributed by atoms with van der Waals surface area (Å²) in [6, 6.07) is 11.2. The number of hydrogen-bond donors (Lipinski definition) is 2. The van der Waals surface area contributed by atoms with Crippen molar-refractivity contribution in [2.24, 2.45) is 0 Å². The molecule has 5 nitrogen and oxygen atoms in total. The number of aromatic amines is 1. The number of rotatable bonds is 3. The topological polar surface area (TPSA) is 65.6 Å². The minimum Gasteiger partial charge on any atom is -0.507 e. The second-order valence-electron chi connectivity index (χ2n) is 7.06. The van der Waals surface area contributed by atoms with Gasteiger partial charge < -0.3 is 14.8 Å². The number of fused-ring (bicyclic) bond motifs is 2. The number of hydrogen-bond acceptors (Lipinski definition) is 5. The number of ether oxygens (including phenoxy) is 1. The number of nitrogens with one attached hydrogen (secondary N) is 1. The minimum atomic E-state index is -0.143. The molecule has 5 rings (SSSR count). The van der Waals surface area contributed by atoms with Gasteiger partial charge in [-0.2, -0.15) is 11.8 Å². The SMILES string of the molecule is O=C1/C(=C/c2c[nH]c3ccccc23)Oc2c1ccc(O)c2CN1CCSCC1. The van der Waals surface area contributed by atoms with Crippen molar-refractivity contribution in [1.82, 2.24) is 9.88 Å². The van der Waals surface area contributed by atoms with Crippen LogP contribution in [0.1, 0.15) is 21.5 Å². The average molecular weight is 392 g/mol. The van der Waals surface area contributed by atoms with Gasteiger partial charge in [0.1, 0.15) is 11.5 Å². The number of aromatic nitrogens is 1. The summed E-state index contributed by atoms with van der Waals surface area (Å²) < 4.78 is 6.00. The molecule has 2 aliphatic rings. The normalized spacial score (nSPS) is 18.6. The number of benzene rings is 2. The number of nitrogens with zero attached hydrogens (tertiary/aromatic N) is 1. The summed E-state index contributed by atoms with van der Waals surface area (Å²) in [6.45, 7) is 2.53. The Morgan fingerprint density at radius 3 is 2.86 bits per heavy atom. The molecule has 0 amide bonds. The zero-order valence-corrected chi connectivity index (χ0v) is 16.1. The van der Waals surface area contributed by atoms with Gasteiger partial charge in [-0.3, -0.25) is 9.69 Å². The maximum atomic E-state index is 12.9. The number of aromatic hydroxyl groups is 1. The first-order valence-corrected chi connectivity index (χ1v) is 10.5. The van der Waals surface area contributed by atoms with Crippen molar-refractivity contribution in [3.63, 3.8) is 0 Å². The lowest BCUT2D eigenvalue weighted by Gasteiger charge is -2.26. The molecule has 1 saturated heterocycles. The molecule has 0 spiro atoms. The van der Waals surface area contributed by atoms with Crippen LogP contribution in [0.15, 0.2) is 48.4 Å². The minimum absolute atomic E-state index is 0.143. The zero-order chi connectivity index (χ0) is 19.1. The number of Topliss-reactive ketones (excluding diaryl/α,β-unsaturated/α-hetero) is 1. The molecule has 2 N–H and O–H groups in total. The molecule has 0 atom stereocenters. The van der Waals surface area contributed by atoms with E-state index in [1.807, 2.05) is 42.2 Å². The third-order valence-corrected chi connectivity index (χ3v) is 6.25. The van der Waals surface area contributed by atoms with Gasteiger partial charge in [-0.25, -0.2) is 0 Å². The van der Waals surface area contributed by atoms with Crippen LogP contribution in [-0.2, 0) is 6.54 Å². The van der Waals surface area contributed by atoms with E-state index in [1.54, 1.807) is 18.2 Å². The monoisotopic (exact) mass is 392 g/mol. The predicted molar refractivity (Wildman–Crippen MR) is 112 cm³/mol. The highest BCUT2D eigenvalue weighted by molar-refractivity contribution is 7.99. The van der Waals surface area contributed by atoms with Crippen LogP contribution in [0.25, 0.3) is 17.0 Å². The molecule has 3 heterocycles. The van der Waals surface area contributed by atoms with E-state index in [0.717, 1.165) is 41.1 Å². The van der Waals surface area contributed by atoms with E-state index in [0.29, 0.717) is 29.2 Å². The third-order valence-electron chi connectivity index (χ3n) is 5.31. The molecule has 3 aromatic rings. The molecule has 0 unspecified atom stereocenters. The first-order valence-electron chi connectivity index (χ1n) is 9.36. The summed E-state index contributed by atoms with van der Waals surface area (Å²) in [5, 5.41) is 11.5. The summed E-state index contributed by atoms with van der Waals surface area (Å²) in [5.74, 6) is 2.99. The number of ketones is 1. The molecule has 2 aliphatic heterocycles. The molecule has 0 aliphatic carbocycles. The Balaban J connectivity index is 1.50. The lowest BCUT2D eigenvalue weighted by molar-refractivity contribution is 0.101. The number of carbonyl (C=O) groups excluding carboxylic acids is 1. The second kappa shape index (κ2) is 7.04. The van der Waals surface area contributed by atoms with Gasteiger partial charge in [-0.1, -0.05) is 18.2 Å². The van der Waals surface area contributed by atoms with Crippen molar-refractivity contribution in [3.05, 3.63) is 65.0 Å². The summed E-state index contributed by atoms with van der Waals surface area (Å²) >= 11 is 1.94. The van der Waals surface area contributed by atoms with Gasteiger partial charge >= 0.3 is 0 Å². The largest absolute Gasteiger partial charge is 0.507 e. The summed E-state index contributed by atoms with van der Waals surface area (Å²) in [4.78, 5) is 18.4. The van der Waals surface area contributed by atoms with E-state index < -0.39 is 0 Å². The van der Waals surface area contributed by atoms with Crippen LogP contribution in [-0.4, -0.2) is 45.4 Å². The molecule has 0 bridgehead atoms. The molecule has 1 aromatic heterocycles. The fraction of sp³-hybridized carbons (Fsp3) is 0.227. The number of carbonyl (C=O) groups is 1. The van der Waals surface area contributed by atoms with Crippen LogP contribution in [0.2, 0.25) is 0 Å². The zero-order valence-electron chi connectivity index (χ0n) is 15.3. The van der Waals surface area contributed by atoms with Crippen LogP contribution < -0.4 is 4.74 Å². The lowest BCUT2D eigenvalue weighted by Crippen LogP contribution is -2.32. The van der Waals surface area contributed by atoms with Crippen molar-refractivity contribution in [2.75, 3.05) is 24.6 Å². The van der Waals surface area contributed by atoms with Crippen molar-refractivity contribution in [3.8, 4) is 11.5 Å². The van der Waals surface area contributed by atoms with Crippen molar-refractivity contribution >= 4 is 34.5 Å². The van der Waals surface area contributed by atoms with E-state index >= 15 is 0 Å². The average Bonchev–Trinajstić information content (AvgIpc) is 3.27. The number of phenols is 1. The maximum Gasteiger partial charge on any atom is 0.231 e. The molecule has 1 fully saturated rings. The molecule has 6 heteroatoms. The number of para-hydroxylation sites is 1. The highest BCUT2D eigenvalue weighted by atomic mass is 32.2. The molecule has 28 heavy (non-hydrogen) atoms. The highest BCUT2D eigenvalue weighted by Crippen LogP contribution is 2.40. The summed E-state index contributed by atoms with van der Waals surface area (Å²) in [6.07, 6.45) is 3.65. The van der Waals surface area contributed by atoms with E-state index in [2.05, 4.69) is 9.88 Å². The Labute approximate surface area is 167 Å². The lowest BCUT2D eigenvalue weighted by atomic mass is 10.0. The quantitative estimate of drug-likeness (QED) is 0.659. The fourth-order valence-electron chi connectivity index (χ4n) is 3.79. The van der Waals surface area contributed by atoms with Gasteiger partial charge in [0, 0.05) is 53.8 Å². The van der Waals surface area contributed by atoms with Crippen LogP contribution in [0.5, 0.6) is 11.5 Å². The first kappa shape index (κ1) is 17.4. The summed E-state index contributed by atoms with van der Waals surface area (Å²) in [7, 11) is 0. The Morgan fingerprint density at radius 1 is 1.18 bits per heavy atom. The number of allylic oxidation sites excluding steroid dienone is 1. The molecule has 0 radical (unpaired) electrons. The van der Waals surface area contributed by atoms with E-state index in [1.165, 1.54) is 0 Å². The van der Waals surface area contributed by atoms with E-state index in [9.17, 15) is 9.90 Å². The first-order chi connectivity index (χ1) is 13.7. The van der Waals surface area contributed by atoms with Crippen LogP contribution in [0.4, 0.5) is 0 Å². The van der Waals surface area contributed by atoms with E-state index in [-0.39, 0.29) is 11.5 Å². The predicted octanol–water partition coefficient (Wildman–Crippen LogP) is 4.04. The van der Waals surface area contributed by atoms with Crippen molar-refractivity contribution < 1.29 is 14.6 Å². The number of phenolic OH excluding ortho intramolecular Hbond substituents is 1. The second-order valence-corrected chi connectivity index (χ2v) is 8.28. The number of thioether (sulfide) groups is 1. The van der Waals surface area contributed by atoms with Crippen molar-refractivity contribution in [2.45, 2.75) is 6.54 Å². The highest BCUT2D eigenvalue weighted by Gasteiger charge is 2.32. The molecule has 142 valence electrons. The molecule has 2 aromatic carbocycles. The van der Waals surface area contributed by atoms with Gasteiger partial charge in [0.05, 0.1) is 11.1 Å². The van der Waals surface area contributed by atoms with Crippen LogP contribution in [0.3, 0.4) is 0 Å². The van der Waals surface area contributed by atoms with Gasteiger partial charge in [0.2, 0.25) is 5.78 Å². The smallest absolute Gasteiger partial charge is 0.231 e. The fourth-order valence-corrected chi connectivity index (χ4v) is 4.77. The van der Waals surface area contributed by atoms with Crippen LogP contribution in [0, 0.1) is 0 Å². The molecular formula is C22H20N2O3S. The Kier molecular flexibility index (Phi) is 4.37. The van der Waals surface area contributed by atoms with E-state index in [4.69, 9.17) is 4.74 Å². The Morgan fingerprint density at radius 2 is 2.00 bits per heavy atom.